The molecule has 0 bridgehead atoms. The highest BCUT2D eigenvalue weighted by Gasteiger charge is 2.42. The van der Waals surface area contributed by atoms with Crippen LogP contribution in [-0.2, 0) is 0 Å². The van der Waals surface area contributed by atoms with E-state index >= 15 is 0 Å². The highest BCUT2D eigenvalue weighted by Crippen LogP contribution is 2.41. The van der Waals surface area contributed by atoms with Crippen molar-refractivity contribution in [1.29, 1.82) is 0 Å². The molecule has 3 heterocycles. The molecular formula is C14H19N5OS. The van der Waals surface area contributed by atoms with Gasteiger partial charge in [-0.2, -0.15) is 4.98 Å². The van der Waals surface area contributed by atoms with Crippen LogP contribution in [0.3, 0.4) is 0 Å². The van der Waals surface area contributed by atoms with Crippen molar-refractivity contribution in [3.63, 3.8) is 0 Å². The molecule has 21 heavy (non-hydrogen) atoms. The Morgan fingerprint density at radius 2 is 2.24 bits per heavy atom. The second-order valence-electron chi connectivity index (χ2n) is 6.06. The minimum absolute atomic E-state index is 0.159. The first kappa shape index (κ1) is 13.2. The molecule has 0 aromatic carbocycles. The van der Waals surface area contributed by atoms with Gasteiger partial charge in [-0.15, -0.1) is 11.3 Å². The van der Waals surface area contributed by atoms with Crippen LogP contribution in [0.25, 0.3) is 10.2 Å². The van der Waals surface area contributed by atoms with Crippen molar-refractivity contribution in [2.75, 3.05) is 23.4 Å². The normalized spacial score (nSPS) is 28.3. The molecular weight excluding hydrogens is 286 g/mol. The second-order valence-corrected chi connectivity index (χ2v) is 7.30. The predicted molar refractivity (Wildman–Crippen MR) is 84.4 cm³/mol. The summed E-state index contributed by atoms with van der Waals surface area (Å²) >= 11 is 1.65. The van der Waals surface area contributed by atoms with E-state index in [4.69, 9.17) is 5.84 Å². The molecule has 3 atom stereocenters. The summed E-state index contributed by atoms with van der Waals surface area (Å²) in [6, 6.07) is 2.14. The van der Waals surface area contributed by atoms with Crippen molar-refractivity contribution in [1.82, 2.24) is 9.97 Å². The van der Waals surface area contributed by atoms with E-state index in [1.54, 1.807) is 11.3 Å². The Balaban J connectivity index is 1.76. The summed E-state index contributed by atoms with van der Waals surface area (Å²) in [5, 5.41) is 11.2. The first-order valence-corrected chi connectivity index (χ1v) is 8.15. The first-order valence-electron chi connectivity index (χ1n) is 7.33. The monoisotopic (exact) mass is 305 g/mol. The maximum Gasteiger partial charge on any atom is 0.240 e. The van der Waals surface area contributed by atoms with Crippen LogP contribution in [-0.4, -0.2) is 34.3 Å². The van der Waals surface area contributed by atoms with Gasteiger partial charge in [-0.3, -0.25) is 5.43 Å². The van der Waals surface area contributed by atoms with Gasteiger partial charge < -0.3 is 10.0 Å². The minimum Gasteiger partial charge on any atom is -0.393 e. The third kappa shape index (κ3) is 2.07. The lowest BCUT2D eigenvalue weighted by Crippen LogP contribution is -2.26. The number of thiophene rings is 1. The fourth-order valence-electron chi connectivity index (χ4n) is 3.74. The number of nitrogen functional groups attached to an aromatic ring is 1. The van der Waals surface area contributed by atoms with Crippen LogP contribution >= 0.6 is 11.3 Å². The summed E-state index contributed by atoms with van der Waals surface area (Å²) in [7, 11) is 0. The maximum absolute atomic E-state index is 10.1. The SMILES string of the molecule is Cc1cc2c(N3CC4CCC(O)C4C3)nc(NN)nc2s1. The van der Waals surface area contributed by atoms with Crippen molar-refractivity contribution < 1.29 is 5.11 Å². The summed E-state index contributed by atoms with van der Waals surface area (Å²) < 4.78 is 0. The highest BCUT2D eigenvalue weighted by molar-refractivity contribution is 7.18. The largest absolute Gasteiger partial charge is 0.393 e. The van der Waals surface area contributed by atoms with Crippen molar-refractivity contribution in [3.8, 4) is 0 Å². The lowest BCUT2D eigenvalue weighted by atomic mass is 10.00. The smallest absolute Gasteiger partial charge is 0.240 e. The Bertz CT molecular complexity index is 687. The Labute approximate surface area is 127 Å². The third-order valence-corrected chi connectivity index (χ3v) is 5.69. The van der Waals surface area contributed by atoms with Gasteiger partial charge in [0.15, 0.2) is 0 Å². The van der Waals surface area contributed by atoms with E-state index in [-0.39, 0.29) is 6.10 Å². The Kier molecular flexibility index (Phi) is 3.02. The molecule has 2 aromatic rings. The summed E-state index contributed by atoms with van der Waals surface area (Å²) in [6.45, 7) is 3.91. The van der Waals surface area contributed by atoms with Gasteiger partial charge in [0.25, 0.3) is 0 Å². The fraction of sp³-hybridized carbons (Fsp3) is 0.571. The molecule has 4 rings (SSSR count). The van der Waals surface area contributed by atoms with Gasteiger partial charge in [0.1, 0.15) is 10.6 Å². The number of nitrogens with zero attached hydrogens (tertiary/aromatic N) is 3. The van der Waals surface area contributed by atoms with Crippen LogP contribution in [0.15, 0.2) is 6.07 Å². The second kappa shape index (κ2) is 4.79. The molecule has 3 unspecified atom stereocenters. The Hall–Kier alpha value is -1.44. The zero-order valence-corrected chi connectivity index (χ0v) is 12.7. The highest BCUT2D eigenvalue weighted by atomic mass is 32.1. The number of nitrogens with one attached hydrogen (secondary N) is 1. The number of nitrogens with two attached hydrogens (primary N) is 1. The molecule has 1 aliphatic carbocycles. The van der Waals surface area contributed by atoms with Gasteiger partial charge in [-0.1, -0.05) is 0 Å². The van der Waals surface area contributed by atoms with Gasteiger partial charge in [0.05, 0.1) is 11.5 Å². The third-order valence-electron chi connectivity index (χ3n) is 4.74. The van der Waals surface area contributed by atoms with Crippen LogP contribution in [0.4, 0.5) is 11.8 Å². The number of hydrogen-bond acceptors (Lipinski definition) is 7. The molecule has 6 nitrogen and oxygen atoms in total. The van der Waals surface area contributed by atoms with Gasteiger partial charge in [0, 0.05) is 23.9 Å². The topological polar surface area (TPSA) is 87.3 Å². The van der Waals surface area contributed by atoms with Crippen molar-refractivity contribution in [3.05, 3.63) is 10.9 Å². The molecule has 2 fully saturated rings. The number of hydrogen-bond donors (Lipinski definition) is 3. The average molecular weight is 305 g/mol. The standard InChI is InChI=1S/C14H19N5OS/c1-7-4-9-12(16-14(18-15)17-13(9)21-7)19-5-8-2-3-11(20)10(8)6-19/h4,8,10-11,20H,2-3,5-6,15H2,1H3,(H,16,17,18). The number of anilines is 2. The van der Waals surface area contributed by atoms with Crippen LogP contribution in [0, 0.1) is 18.8 Å². The summed E-state index contributed by atoms with van der Waals surface area (Å²) in [6.07, 6.45) is 1.89. The molecule has 112 valence electrons. The van der Waals surface area contributed by atoms with E-state index in [1.807, 2.05) is 0 Å². The van der Waals surface area contributed by atoms with Crippen LogP contribution in [0.2, 0.25) is 0 Å². The lowest BCUT2D eigenvalue weighted by molar-refractivity contribution is 0.133. The average Bonchev–Trinajstić information content (AvgIpc) is 3.13. The molecule has 7 heteroatoms. The van der Waals surface area contributed by atoms with Crippen molar-refractivity contribution in [2.45, 2.75) is 25.9 Å². The molecule has 4 N–H and O–H groups in total. The number of hydrazine groups is 1. The van der Waals surface area contributed by atoms with E-state index in [0.717, 1.165) is 42.0 Å². The molecule has 1 saturated heterocycles. The number of rotatable bonds is 2. The molecule has 0 amide bonds. The Morgan fingerprint density at radius 1 is 1.38 bits per heavy atom. The summed E-state index contributed by atoms with van der Waals surface area (Å²) in [5.41, 5.74) is 2.56. The summed E-state index contributed by atoms with van der Waals surface area (Å²) in [5.74, 6) is 7.86. The van der Waals surface area contributed by atoms with Crippen molar-refractivity contribution in [2.24, 2.45) is 17.7 Å². The van der Waals surface area contributed by atoms with Crippen LogP contribution in [0.1, 0.15) is 17.7 Å². The molecule has 0 radical (unpaired) electrons. The Morgan fingerprint density at radius 3 is 3.00 bits per heavy atom. The van der Waals surface area contributed by atoms with E-state index < -0.39 is 0 Å². The van der Waals surface area contributed by atoms with E-state index in [9.17, 15) is 5.11 Å². The van der Waals surface area contributed by atoms with Gasteiger partial charge in [-0.05, 0) is 31.7 Å². The molecule has 1 saturated carbocycles. The quantitative estimate of drug-likeness (QED) is 0.575. The zero-order valence-electron chi connectivity index (χ0n) is 11.9. The van der Waals surface area contributed by atoms with Crippen LogP contribution in [0.5, 0.6) is 0 Å². The minimum atomic E-state index is -0.159. The first-order chi connectivity index (χ1) is 10.2. The van der Waals surface area contributed by atoms with E-state index in [1.165, 1.54) is 4.88 Å². The molecule has 0 spiro atoms. The number of aliphatic hydroxyl groups excluding tert-OH is 1. The predicted octanol–water partition coefficient (Wildman–Crippen LogP) is 1.49. The number of aliphatic hydroxyl groups is 1. The van der Waals surface area contributed by atoms with Gasteiger partial charge in [0.2, 0.25) is 5.95 Å². The summed E-state index contributed by atoms with van der Waals surface area (Å²) in [4.78, 5) is 13.5. The molecule has 2 aliphatic rings. The zero-order chi connectivity index (χ0) is 14.6. The van der Waals surface area contributed by atoms with Gasteiger partial charge in [-0.25, -0.2) is 10.8 Å². The number of aryl methyl sites for hydroxylation is 1. The number of aromatic nitrogens is 2. The molecule has 1 aliphatic heterocycles. The van der Waals surface area contributed by atoms with E-state index in [2.05, 4.69) is 33.3 Å². The maximum atomic E-state index is 10.1. The molecule has 2 aromatic heterocycles. The van der Waals surface area contributed by atoms with Crippen molar-refractivity contribution >= 4 is 33.3 Å². The van der Waals surface area contributed by atoms with Crippen LogP contribution < -0.4 is 16.2 Å². The lowest BCUT2D eigenvalue weighted by Gasteiger charge is -2.20. The van der Waals surface area contributed by atoms with E-state index in [0.29, 0.717) is 17.8 Å². The van der Waals surface area contributed by atoms with Gasteiger partial charge >= 0.3 is 0 Å². The fourth-order valence-corrected chi connectivity index (χ4v) is 4.62. The number of fused-ring (bicyclic) bond motifs is 2.